The second-order valence-electron chi connectivity index (χ2n) is 2.15. The van der Waals surface area contributed by atoms with Crippen LogP contribution in [0.25, 0.3) is 10.4 Å². The normalized spacial score (nSPS) is 9.00. The van der Waals surface area contributed by atoms with Gasteiger partial charge in [0.2, 0.25) is 0 Å². The average molecular weight is 167 g/mol. The van der Waals surface area contributed by atoms with Gasteiger partial charge in [-0.2, -0.15) is 12.1 Å². The van der Waals surface area contributed by atoms with Crippen LogP contribution >= 0.6 is 11.3 Å². The Morgan fingerprint density at radius 3 is 2.50 bits per heavy atom. The van der Waals surface area contributed by atoms with Crippen molar-refractivity contribution in [3.8, 4) is 10.4 Å². The van der Waals surface area contributed by atoms with Crippen LogP contribution in [-0.2, 0) is 0 Å². The second kappa shape index (κ2) is 4.47. The molecule has 0 atom stereocenters. The third-order valence-corrected chi connectivity index (χ3v) is 2.28. The summed E-state index contributed by atoms with van der Waals surface area (Å²) in [5, 5.41) is 3.05. The van der Waals surface area contributed by atoms with Crippen LogP contribution in [0.1, 0.15) is 0 Å². The largest absolute Gasteiger partial charge is 1.00 e. The number of nitrogens with zero attached hydrogens (tertiary/aromatic N) is 1. The van der Waals surface area contributed by atoms with Crippen LogP contribution in [0, 0.1) is 5.38 Å². The van der Waals surface area contributed by atoms with E-state index in [1.807, 2.05) is 18.2 Å². The predicted molar refractivity (Wildman–Crippen MR) is 46.4 cm³/mol. The van der Waals surface area contributed by atoms with E-state index in [4.69, 9.17) is 0 Å². The molecule has 0 aromatic carbocycles. The van der Waals surface area contributed by atoms with E-state index in [-0.39, 0.29) is 18.9 Å². The number of thiophene rings is 1. The summed E-state index contributed by atoms with van der Waals surface area (Å²) in [4.78, 5) is 5.19. The molecule has 1 nitrogen and oxygen atoms in total. The van der Waals surface area contributed by atoms with Gasteiger partial charge in [-0.05, 0) is 12.1 Å². The molecule has 0 fully saturated rings. The van der Waals surface area contributed by atoms with Gasteiger partial charge in [-0.25, -0.2) is 0 Å². The molecule has 0 aliphatic carbocycles. The zero-order valence-corrected chi connectivity index (χ0v) is 7.64. The third kappa shape index (κ3) is 1.98. The van der Waals surface area contributed by atoms with Crippen molar-refractivity contribution in [3.05, 3.63) is 42.0 Å². The Bertz CT molecular complexity index is 318. The molecule has 0 bridgehead atoms. The first-order valence-electron chi connectivity index (χ1n) is 3.33. The SMILES string of the molecule is [Li+].[c-]1ccc(-c2ccncc2)s1. The van der Waals surface area contributed by atoms with Gasteiger partial charge in [0.15, 0.2) is 0 Å². The smallest absolute Gasteiger partial charge is 0.296 e. The maximum Gasteiger partial charge on any atom is 1.00 e. The van der Waals surface area contributed by atoms with Crippen molar-refractivity contribution in [2.75, 3.05) is 0 Å². The van der Waals surface area contributed by atoms with Crippen LogP contribution in [0.4, 0.5) is 0 Å². The van der Waals surface area contributed by atoms with Gasteiger partial charge in [0.25, 0.3) is 0 Å². The molecular formula is C9H6LiNS. The molecule has 2 aromatic rings. The molecule has 12 heavy (non-hydrogen) atoms. The Morgan fingerprint density at radius 2 is 1.92 bits per heavy atom. The maximum absolute atomic E-state index is 3.95. The Hall–Kier alpha value is -0.553. The summed E-state index contributed by atoms with van der Waals surface area (Å²) in [5.74, 6) is 0. The van der Waals surface area contributed by atoms with Crippen molar-refractivity contribution in [1.82, 2.24) is 4.98 Å². The van der Waals surface area contributed by atoms with E-state index in [2.05, 4.69) is 16.4 Å². The predicted octanol–water partition coefficient (Wildman–Crippen LogP) is -0.386. The summed E-state index contributed by atoms with van der Waals surface area (Å²) in [6.45, 7) is 0. The number of hydrogen-bond donors (Lipinski definition) is 0. The minimum atomic E-state index is 0. The minimum Gasteiger partial charge on any atom is -0.296 e. The van der Waals surface area contributed by atoms with Crippen molar-refractivity contribution in [2.24, 2.45) is 0 Å². The van der Waals surface area contributed by atoms with Gasteiger partial charge in [-0.1, -0.05) is 5.56 Å². The topological polar surface area (TPSA) is 12.9 Å². The van der Waals surface area contributed by atoms with Crippen LogP contribution in [0.15, 0.2) is 36.7 Å². The molecule has 54 valence electrons. The van der Waals surface area contributed by atoms with Gasteiger partial charge in [0, 0.05) is 12.4 Å². The number of rotatable bonds is 1. The summed E-state index contributed by atoms with van der Waals surface area (Å²) in [6, 6.07) is 7.99. The molecule has 0 saturated carbocycles. The van der Waals surface area contributed by atoms with E-state index < -0.39 is 0 Å². The van der Waals surface area contributed by atoms with E-state index in [1.54, 1.807) is 23.7 Å². The van der Waals surface area contributed by atoms with Crippen molar-refractivity contribution in [2.45, 2.75) is 0 Å². The zero-order chi connectivity index (χ0) is 7.52. The molecule has 0 aliphatic rings. The first-order valence-corrected chi connectivity index (χ1v) is 4.15. The molecule has 2 heterocycles. The third-order valence-electron chi connectivity index (χ3n) is 1.44. The quantitative estimate of drug-likeness (QED) is 0.416. The van der Waals surface area contributed by atoms with Gasteiger partial charge in [0.1, 0.15) is 0 Å². The Balaban J connectivity index is 0.000000720. The van der Waals surface area contributed by atoms with Crippen LogP contribution in [0.3, 0.4) is 0 Å². The number of aromatic nitrogens is 1. The van der Waals surface area contributed by atoms with Crippen molar-refractivity contribution >= 4 is 11.3 Å². The van der Waals surface area contributed by atoms with E-state index in [0.29, 0.717) is 0 Å². The first-order chi connectivity index (χ1) is 5.47. The molecule has 0 spiro atoms. The summed E-state index contributed by atoms with van der Waals surface area (Å²) >= 11 is 1.62. The number of hydrogen-bond acceptors (Lipinski definition) is 2. The van der Waals surface area contributed by atoms with Gasteiger partial charge in [-0.15, -0.1) is 10.3 Å². The van der Waals surface area contributed by atoms with Gasteiger partial charge in [-0.3, -0.25) is 16.3 Å². The van der Waals surface area contributed by atoms with Crippen molar-refractivity contribution < 1.29 is 18.9 Å². The maximum atomic E-state index is 3.95. The molecule has 0 saturated heterocycles. The fraction of sp³-hybridized carbons (Fsp3) is 0. The van der Waals surface area contributed by atoms with Crippen molar-refractivity contribution in [3.63, 3.8) is 0 Å². The van der Waals surface area contributed by atoms with Gasteiger partial charge < -0.3 is 0 Å². The second-order valence-corrected chi connectivity index (χ2v) is 3.03. The van der Waals surface area contributed by atoms with Crippen molar-refractivity contribution in [1.29, 1.82) is 0 Å². The molecule has 2 aromatic heterocycles. The molecule has 0 aliphatic heterocycles. The molecule has 0 N–H and O–H groups in total. The van der Waals surface area contributed by atoms with Gasteiger partial charge >= 0.3 is 18.9 Å². The molecule has 0 amide bonds. The summed E-state index contributed by atoms with van der Waals surface area (Å²) in [5.41, 5.74) is 1.21. The molecule has 0 unspecified atom stereocenters. The van der Waals surface area contributed by atoms with Crippen LogP contribution in [0.2, 0.25) is 0 Å². The first kappa shape index (κ1) is 9.53. The molecular weight excluding hydrogens is 161 g/mol. The van der Waals surface area contributed by atoms with Crippen LogP contribution in [-0.4, -0.2) is 4.98 Å². The Kier molecular flexibility index (Phi) is 3.55. The average Bonchev–Trinajstić information content (AvgIpc) is 2.58. The van der Waals surface area contributed by atoms with E-state index in [0.717, 1.165) is 0 Å². The Labute approximate surface area is 87.6 Å². The monoisotopic (exact) mass is 167 g/mol. The summed E-state index contributed by atoms with van der Waals surface area (Å²) < 4.78 is 0. The Morgan fingerprint density at radius 1 is 1.17 bits per heavy atom. The van der Waals surface area contributed by atoms with Crippen LogP contribution < -0.4 is 18.9 Å². The summed E-state index contributed by atoms with van der Waals surface area (Å²) in [7, 11) is 0. The minimum absolute atomic E-state index is 0. The molecule has 3 heteroatoms. The molecule has 2 rings (SSSR count). The standard InChI is InChI=1S/C9H6NS.Li/c1-2-9(11-7-1)8-3-5-10-6-4-8;/h1-6H;/q-1;+1. The van der Waals surface area contributed by atoms with E-state index in [1.165, 1.54) is 10.4 Å². The molecule has 0 radical (unpaired) electrons. The van der Waals surface area contributed by atoms with E-state index >= 15 is 0 Å². The fourth-order valence-corrected chi connectivity index (χ4v) is 1.57. The zero-order valence-electron chi connectivity index (χ0n) is 6.82. The summed E-state index contributed by atoms with van der Waals surface area (Å²) in [6.07, 6.45) is 3.60. The number of pyridine rings is 1. The fourth-order valence-electron chi connectivity index (χ4n) is 0.913. The van der Waals surface area contributed by atoms with E-state index in [9.17, 15) is 0 Å². The van der Waals surface area contributed by atoms with Crippen LogP contribution in [0.5, 0.6) is 0 Å². The van der Waals surface area contributed by atoms with Gasteiger partial charge in [0.05, 0.1) is 0 Å².